The summed E-state index contributed by atoms with van der Waals surface area (Å²) in [5.74, 6) is 3.82. The molecular formula is C40H64N8O5. The van der Waals surface area contributed by atoms with Gasteiger partial charge in [0.2, 0.25) is 5.88 Å². The molecular weight excluding hydrogens is 672 g/mol. The van der Waals surface area contributed by atoms with Crippen LogP contribution in [0.3, 0.4) is 0 Å². The number of piperidine rings is 3. The lowest BCUT2D eigenvalue weighted by Gasteiger charge is -2.38. The van der Waals surface area contributed by atoms with E-state index in [1.807, 2.05) is 48.6 Å². The van der Waals surface area contributed by atoms with Crippen LogP contribution >= 0.6 is 0 Å². The Kier molecular flexibility index (Phi) is 15.4. The van der Waals surface area contributed by atoms with Crippen molar-refractivity contribution >= 4 is 23.4 Å². The number of anilines is 2. The maximum Gasteiger partial charge on any atom is 0.410 e. The Labute approximate surface area is 316 Å². The quantitative estimate of drug-likeness (QED) is 0.199. The van der Waals surface area contributed by atoms with Crippen molar-refractivity contribution in [2.24, 2.45) is 11.8 Å². The van der Waals surface area contributed by atoms with Crippen LogP contribution in [0.5, 0.6) is 5.88 Å². The van der Waals surface area contributed by atoms with Gasteiger partial charge in [-0.05, 0) is 110 Å². The fraction of sp³-hybridized carbons (Fsp3) is 0.700. The molecule has 0 unspecified atom stereocenters. The van der Waals surface area contributed by atoms with Gasteiger partial charge in [0.05, 0.1) is 12.8 Å². The number of hydrogen-bond donors (Lipinski definition) is 2. The largest absolute Gasteiger partial charge is 0.475 e. The monoisotopic (exact) mass is 736 g/mol. The summed E-state index contributed by atoms with van der Waals surface area (Å²) < 4.78 is 19.4. The molecule has 53 heavy (non-hydrogen) atoms. The summed E-state index contributed by atoms with van der Waals surface area (Å²) in [7, 11) is 0. The minimum atomic E-state index is -0.439. The summed E-state index contributed by atoms with van der Waals surface area (Å²) in [6.07, 6.45) is 12.7. The average molecular weight is 737 g/mol. The van der Waals surface area contributed by atoms with Crippen LogP contribution in [0, 0.1) is 11.8 Å². The van der Waals surface area contributed by atoms with Crippen molar-refractivity contribution in [2.45, 2.75) is 98.1 Å². The van der Waals surface area contributed by atoms with Gasteiger partial charge in [-0.25, -0.2) is 14.8 Å². The number of aliphatic hydroxyl groups excluding tert-OH is 1. The first kappa shape index (κ1) is 40.5. The van der Waals surface area contributed by atoms with Gasteiger partial charge in [0.1, 0.15) is 23.8 Å². The Bertz CT molecular complexity index is 1520. The molecule has 6 heterocycles. The third-order valence-electron chi connectivity index (χ3n) is 10.2. The third-order valence-corrected chi connectivity index (χ3v) is 10.2. The number of likely N-dealkylation sites (tertiary alicyclic amines) is 2. The van der Waals surface area contributed by atoms with Crippen LogP contribution in [0.4, 0.5) is 16.4 Å². The number of carbonyl (C=O) groups excluding carboxylic acids is 1. The number of aromatic nitrogens is 4. The minimum Gasteiger partial charge on any atom is -0.475 e. The maximum absolute atomic E-state index is 12.4. The molecule has 0 bridgehead atoms. The standard InChI is InChI=1S/C38H58N8O4.C2H6O/c1-5-32-26-41-46-33(23-34(42-36(32)46)44-15-7-6-8-16-44)39-24-31-9-10-35(40-25-31)49-22-21-48-28-30-11-17-43(18-12-30)27-29-13-19-45(20-14-29)37(47)50-38(2,3)4;1-2-3/h9-10,23,25-26,29-30,39H,5-8,11-22,24,27-28H2,1-4H3;3H,2H2,1H3. The Morgan fingerprint density at radius 1 is 0.943 bits per heavy atom. The summed E-state index contributed by atoms with van der Waals surface area (Å²) >= 11 is 0. The average Bonchev–Trinajstić information content (AvgIpc) is 3.58. The van der Waals surface area contributed by atoms with Crippen LogP contribution in [0.25, 0.3) is 5.65 Å². The fourth-order valence-corrected chi connectivity index (χ4v) is 7.23. The zero-order valence-corrected chi connectivity index (χ0v) is 32.9. The summed E-state index contributed by atoms with van der Waals surface area (Å²) in [6.45, 7) is 19.4. The first-order valence-corrected chi connectivity index (χ1v) is 20.0. The molecule has 3 aromatic rings. The minimum absolute atomic E-state index is 0.176. The van der Waals surface area contributed by atoms with Gasteiger partial charge >= 0.3 is 6.09 Å². The molecule has 1 amide bonds. The van der Waals surface area contributed by atoms with Crippen molar-refractivity contribution in [1.82, 2.24) is 29.4 Å². The van der Waals surface area contributed by atoms with E-state index in [4.69, 9.17) is 24.3 Å². The molecule has 2 N–H and O–H groups in total. The molecule has 294 valence electrons. The highest BCUT2D eigenvalue weighted by Crippen LogP contribution is 2.26. The second kappa shape index (κ2) is 20.1. The second-order valence-electron chi connectivity index (χ2n) is 15.6. The van der Waals surface area contributed by atoms with Crippen molar-refractivity contribution < 1.29 is 24.1 Å². The van der Waals surface area contributed by atoms with Crippen LogP contribution in [-0.4, -0.2) is 118 Å². The Hall–Kier alpha value is -3.68. The first-order valence-electron chi connectivity index (χ1n) is 20.0. The van der Waals surface area contributed by atoms with E-state index in [1.165, 1.54) is 32.1 Å². The number of rotatable bonds is 13. The lowest BCUT2D eigenvalue weighted by atomic mass is 9.93. The molecule has 0 atom stereocenters. The Balaban J connectivity index is 0.00000175. The van der Waals surface area contributed by atoms with E-state index >= 15 is 0 Å². The van der Waals surface area contributed by atoms with Crippen LogP contribution in [0.15, 0.2) is 30.6 Å². The van der Waals surface area contributed by atoms with E-state index in [0.29, 0.717) is 37.5 Å². The number of fused-ring (bicyclic) bond motifs is 1. The van der Waals surface area contributed by atoms with E-state index in [9.17, 15) is 4.79 Å². The Morgan fingerprint density at radius 3 is 2.32 bits per heavy atom. The molecule has 13 heteroatoms. The van der Waals surface area contributed by atoms with Gasteiger partial charge < -0.3 is 39.3 Å². The highest BCUT2D eigenvalue weighted by Gasteiger charge is 2.29. The molecule has 0 saturated carbocycles. The van der Waals surface area contributed by atoms with Gasteiger partial charge in [-0.15, -0.1) is 0 Å². The molecule has 6 rings (SSSR count). The molecule has 0 aliphatic carbocycles. The van der Waals surface area contributed by atoms with E-state index in [-0.39, 0.29) is 12.7 Å². The van der Waals surface area contributed by atoms with Gasteiger partial charge in [0.15, 0.2) is 5.65 Å². The molecule has 3 saturated heterocycles. The Morgan fingerprint density at radius 2 is 1.66 bits per heavy atom. The van der Waals surface area contributed by atoms with Crippen molar-refractivity contribution in [3.63, 3.8) is 0 Å². The zero-order valence-electron chi connectivity index (χ0n) is 32.9. The van der Waals surface area contributed by atoms with Crippen LogP contribution in [0.2, 0.25) is 0 Å². The number of carbonyl (C=O) groups is 1. The van der Waals surface area contributed by atoms with Gasteiger partial charge in [-0.1, -0.05) is 13.0 Å². The van der Waals surface area contributed by atoms with Gasteiger partial charge in [-0.3, -0.25) is 0 Å². The first-order chi connectivity index (χ1) is 25.6. The summed E-state index contributed by atoms with van der Waals surface area (Å²) in [6, 6.07) is 6.11. The predicted molar refractivity (Wildman–Crippen MR) is 209 cm³/mol. The van der Waals surface area contributed by atoms with Crippen molar-refractivity contribution in [3.05, 3.63) is 41.7 Å². The normalized spacial score (nSPS) is 17.8. The van der Waals surface area contributed by atoms with Gasteiger partial charge in [0, 0.05) is 76.4 Å². The number of hydrogen-bond acceptors (Lipinski definition) is 11. The SMILES string of the molecule is CCO.CCc1cnn2c(NCc3ccc(OCCOCC4CCN(CC5CCN(C(=O)OC(C)(C)C)CC5)CC4)nc3)cc(N3CCCCC3)nc12. The molecule has 3 aliphatic heterocycles. The molecule has 3 fully saturated rings. The van der Waals surface area contributed by atoms with E-state index < -0.39 is 5.60 Å². The van der Waals surface area contributed by atoms with Gasteiger partial charge in [0.25, 0.3) is 0 Å². The lowest BCUT2D eigenvalue weighted by molar-refractivity contribution is 0.0152. The fourth-order valence-electron chi connectivity index (χ4n) is 7.23. The number of aryl methyl sites for hydroxylation is 1. The van der Waals surface area contributed by atoms with E-state index in [0.717, 1.165) is 100 Å². The van der Waals surface area contributed by atoms with Crippen molar-refractivity contribution in [1.29, 1.82) is 0 Å². The van der Waals surface area contributed by atoms with Crippen LogP contribution in [-0.2, 0) is 22.4 Å². The summed E-state index contributed by atoms with van der Waals surface area (Å²) in [5, 5.41) is 15.8. The number of aliphatic hydroxyl groups is 1. The molecule has 0 radical (unpaired) electrons. The smallest absolute Gasteiger partial charge is 0.410 e. The number of pyridine rings is 1. The van der Waals surface area contributed by atoms with E-state index in [2.05, 4.69) is 44.3 Å². The number of nitrogens with zero attached hydrogens (tertiary/aromatic N) is 7. The molecule has 3 aromatic heterocycles. The van der Waals surface area contributed by atoms with Crippen molar-refractivity contribution in [3.8, 4) is 5.88 Å². The molecule has 13 nitrogen and oxygen atoms in total. The molecule has 3 aliphatic rings. The van der Waals surface area contributed by atoms with Crippen LogP contribution < -0.4 is 15.0 Å². The molecule has 0 spiro atoms. The number of amides is 1. The van der Waals surface area contributed by atoms with Gasteiger partial charge in [-0.2, -0.15) is 9.61 Å². The zero-order chi connectivity index (χ0) is 37.6. The highest BCUT2D eigenvalue weighted by molar-refractivity contribution is 5.68. The second-order valence-corrected chi connectivity index (χ2v) is 15.6. The molecule has 0 aromatic carbocycles. The number of nitrogens with one attached hydrogen (secondary N) is 1. The topological polar surface area (TPSA) is 130 Å². The predicted octanol–water partition coefficient (Wildman–Crippen LogP) is 6.04. The van der Waals surface area contributed by atoms with Crippen molar-refractivity contribution in [2.75, 3.05) is 82.5 Å². The van der Waals surface area contributed by atoms with Crippen LogP contribution in [0.1, 0.15) is 90.7 Å². The van der Waals surface area contributed by atoms with E-state index in [1.54, 1.807) is 6.92 Å². The highest BCUT2D eigenvalue weighted by atomic mass is 16.6. The number of ether oxygens (including phenoxy) is 3. The summed E-state index contributed by atoms with van der Waals surface area (Å²) in [5.41, 5.74) is 2.72. The lowest BCUT2D eigenvalue weighted by Crippen LogP contribution is -2.45. The maximum atomic E-state index is 12.4. The third kappa shape index (κ3) is 12.4. The summed E-state index contributed by atoms with van der Waals surface area (Å²) in [4.78, 5) is 28.8.